The largest absolute Gasteiger partial charge is 0.469 e. The molecule has 2 heterocycles. The smallest absolute Gasteiger partial charge is 0.312 e. The zero-order valence-electron chi connectivity index (χ0n) is 17.9. The molecule has 2 aliphatic rings. The number of rotatable bonds is 5. The molecule has 1 saturated carbocycles. The third-order valence-corrected chi connectivity index (χ3v) is 6.34. The Bertz CT molecular complexity index is 977. The molecule has 8 nitrogen and oxygen atoms in total. The number of likely N-dealkylation sites (tertiary alicyclic amines) is 1. The summed E-state index contributed by atoms with van der Waals surface area (Å²) >= 11 is 0. The highest BCUT2D eigenvalue weighted by Crippen LogP contribution is 2.28. The van der Waals surface area contributed by atoms with Gasteiger partial charge in [-0.15, -0.1) is 10.2 Å². The van der Waals surface area contributed by atoms with E-state index >= 15 is 0 Å². The summed E-state index contributed by atoms with van der Waals surface area (Å²) in [4.78, 5) is 27.5. The minimum atomic E-state index is -0.874. The Morgan fingerprint density at radius 2 is 1.94 bits per heavy atom. The molecule has 1 aromatic heterocycles. The number of nitrogens with zero attached hydrogens (tertiary/aromatic N) is 3. The number of aromatic nitrogens is 2. The first-order chi connectivity index (χ1) is 15.5. The number of amides is 1. The zero-order chi connectivity index (χ0) is 22.7. The molecular formula is C22H26F2N4O4. The van der Waals surface area contributed by atoms with Gasteiger partial charge in [-0.1, -0.05) is 19.3 Å². The number of ether oxygens (including phenoxy) is 1. The average molecular weight is 448 g/mol. The van der Waals surface area contributed by atoms with Gasteiger partial charge in [-0.2, -0.15) is 0 Å². The molecule has 172 valence electrons. The number of piperidine rings is 1. The number of carbonyl (C=O) groups excluding carboxylic acids is 2. The van der Waals surface area contributed by atoms with Gasteiger partial charge in [-0.3, -0.25) is 14.5 Å². The van der Waals surface area contributed by atoms with Crippen molar-refractivity contribution in [3.63, 3.8) is 0 Å². The van der Waals surface area contributed by atoms with Gasteiger partial charge >= 0.3 is 17.8 Å². The Hall–Kier alpha value is -2.88. The predicted molar refractivity (Wildman–Crippen MR) is 109 cm³/mol. The molecule has 1 aliphatic heterocycles. The fraction of sp³-hybridized carbons (Fsp3) is 0.545. The van der Waals surface area contributed by atoms with Gasteiger partial charge in [-0.05, 0) is 31.4 Å². The maximum Gasteiger partial charge on any atom is 0.312 e. The third-order valence-electron chi connectivity index (χ3n) is 6.34. The number of hydrogen-bond acceptors (Lipinski definition) is 7. The van der Waals surface area contributed by atoms with Gasteiger partial charge in [0.25, 0.3) is 5.89 Å². The third kappa shape index (κ3) is 4.79. The second-order valence-electron chi connectivity index (χ2n) is 8.32. The zero-order valence-corrected chi connectivity index (χ0v) is 17.9. The lowest BCUT2D eigenvalue weighted by Crippen LogP contribution is -2.56. The summed E-state index contributed by atoms with van der Waals surface area (Å²) in [7, 11) is 1.34. The molecule has 4 rings (SSSR count). The number of halogens is 2. The Balaban J connectivity index is 1.44. The first kappa shape index (κ1) is 22.3. The molecule has 0 radical (unpaired) electrons. The summed E-state index contributed by atoms with van der Waals surface area (Å²) in [6.07, 6.45) is 6.45. The molecule has 2 atom stereocenters. The second-order valence-corrected chi connectivity index (χ2v) is 8.32. The van der Waals surface area contributed by atoms with Crippen molar-refractivity contribution < 1.29 is 27.5 Å². The van der Waals surface area contributed by atoms with Crippen LogP contribution in [0.4, 0.5) is 8.78 Å². The van der Waals surface area contributed by atoms with Crippen LogP contribution in [0, 0.1) is 17.6 Å². The van der Waals surface area contributed by atoms with Gasteiger partial charge in [0, 0.05) is 31.2 Å². The fourth-order valence-corrected chi connectivity index (χ4v) is 4.63. The minimum Gasteiger partial charge on any atom is -0.469 e. The Morgan fingerprint density at radius 1 is 1.16 bits per heavy atom. The molecule has 0 unspecified atom stereocenters. The van der Waals surface area contributed by atoms with E-state index in [9.17, 15) is 18.4 Å². The topological polar surface area (TPSA) is 97.6 Å². The number of benzene rings is 1. The van der Waals surface area contributed by atoms with E-state index in [4.69, 9.17) is 9.15 Å². The number of esters is 1. The van der Waals surface area contributed by atoms with E-state index in [-0.39, 0.29) is 23.3 Å². The Morgan fingerprint density at radius 3 is 2.66 bits per heavy atom. The van der Waals surface area contributed by atoms with Gasteiger partial charge in [0.1, 0.15) is 11.6 Å². The van der Waals surface area contributed by atoms with Crippen LogP contribution in [0.15, 0.2) is 22.6 Å². The molecule has 1 amide bonds. The van der Waals surface area contributed by atoms with E-state index in [1.54, 1.807) is 0 Å². The van der Waals surface area contributed by atoms with Gasteiger partial charge in [0.2, 0.25) is 0 Å². The van der Waals surface area contributed by atoms with Crippen LogP contribution in [-0.2, 0) is 9.53 Å². The van der Waals surface area contributed by atoms with E-state index in [1.807, 2.05) is 0 Å². The van der Waals surface area contributed by atoms with Crippen LogP contribution >= 0.6 is 0 Å². The highest BCUT2D eigenvalue weighted by atomic mass is 19.1. The van der Waals surface area contributed by atoms with Gasteiger partial charge < -0.3 is 14.5 Å². The molecular weight excluding hydrogens is 422 g/mol. The van der Waals surface area contributed by atoms with E-state index < -0.39 is 29.5 Å². The van der Waals surface area contributed by atoms with E-state index in [0.717, 1.165) is 31.5 Å². The molecule has 1 aliphatic carbocycles. The van der Waals surface area contributed by atoms with Crippen LogP contribution in [0.25, 0.3) is 11.5 Å². The lowest BCUT2D eigenvalue weighted by molar-refractivity contribution is -0.148. The highest BCUT2D eigenvalue weighted by Gasteiger charge is 2.39. The summed E-state index contributed by atoms with van der Waals surface area (Å²) < 4.78 is 37.4. The van der Waals surface area contributed by atoms with Gasteiger partial charge in [-0.25, -0.2) is 8.78 Å². The molecule has 2 aromatic rings. The SMILES string of the molecule is COC(=O)[C@@H]1CN(C2CCCCC2)CC[C@H]1NC(=O)c1nnc(-c2ccc(F)cc2F)o1. The summed E-state index contributed by atoms with van der Waals surface area (Å²) in [5.41, 5.74) is -0.105. The molecule has 1 saturated heterocycles. The van der Waals surface area contributed by atoms with Crippen LogP contribution in [0.5, 0.6) is 0 Å². The van der Waals surface area contributed by atoms with Crippen LogP contribution in [0.3, 0.4) is 0 Å². The van der Waals surface area contributed by atoms with E-state index in [1.165, 1.54) is 26.4 Å². The first-order valence-electron chi connectivity index (χ1n) is 10.9. The molecule has 1 aromatic carbocycles. The summed E-state index contributed by atoms with van der Waals surface area (Å²) in [6, 6.07) is 2.92. The summed E-state index contributed by atoms with van der Waals surface area (Å²) in [5, 5.41) is 10.2. The van der Waals surface area contributed by atoms with Crippen LogP contribution in [0.1, 0.15) is 49.2 Å². The van der Waals surface area contributed by atoms with Crippen molar-refractivity contribution in [1.82, 2.24) is 20.4 Å². The first-order valence-corrected chi connectivity index (χ1v) is 10.9. The summed E-state index contributed by atoms with van der Waals surface area (Å²) in [5.74, 6) is -3.76. The van der Waals surface area contributed by atoms with Crippen LogP contribution in [-0.4, -0.2) is 59.3 Å². The second kappa shape index (κ2) is 9.72. The monoisotopic (exact) mass is 448 g/mol. The van der Waals surface area contributed by atoms with E-state index in [2.05, 4.69) is 20.4 Å². The average Bonchev–Trinajstić information content (AvgIpc) is 3.29. The Labute approximate surface area is 184 Å². The maximum atomic E-state index is 14.0. The normalized spacial score (nSPS) is 22.5. The molecule has 2 fully saturated rings. The molecule has 10 heteroatoms. The van der Waals surface area contributed by atoms with E-state index in [0.29, 0.717) is 25.1 Å². The molecule has 1 N–H and O–H groups in total. The van der Waals surface area contributed by atoms with Crippen molar-refractivity contribution in [2.75, 3.05) is 20.2 Å². The van der Waals surface area contributed by atoms with Crippen molar-refractivity contribution in [2.45, 2.75) is 50.6 Å². The lowest BCUT2D eigenvalue weighted by atomic mass is 9.87. The van der Waals surface area contributed by atoms with Crippen molar-refractivity contribution in [3.8, 4) is 11.5 Å². The number of hydrogen-bond donors (Lipinski definition) is 1. The predicted octanol–water partition coefficient (Wildman–Crippen LogP) is 2.94. The van der Waals surface area contributed by atoms with Crippen molar-refractivity contribution in [2.24, 2.45) is 5.92 Å². The quantitative estimate of drug-likeness (QED) is 0.703. The number of carbonyl (C=O) groups is 2. The van der Waals surface area contributed by atoms with Crippen LogP contribution in [0.2, 0.25) is 0 Å². The Kier molecular flexibility index (Phi) is 6.78. The highest BCUT2D eigenvalue weighted by molar-refractivity contribution is 5.90. The maximum absolute atomic E-state index is 14.0. The molecule has 32 heavy (non-hydrogen) atoms. The van der Waals surface area contributed by atoms with Gasteiger partial charge in [0.05, 0.1) is 18.6 Å². The van der Waals surface area contributed by atoms with Crippen molar-refractivity contribution in [3.05, 3.63) is 35.7 Å². The van der Waals surface area contributed by atoms with Gasteiger partial charge in [0.15, 0.2) is 0 Å². The lowest BCUT2D eigenvalue weighted by Gasteiger charge is -2.42. The van der Waals surface area contributed by atoms with Crippen molar-refractivity contribution >= 4 is 11.9 Å². The van der Waals surface area contributed by atoms with Crippen LogP contribution < -0.4 is 5.32 Å². The minimum absolute atomic E-state index is 0.105. The number of methoxy groups -OCH3 is 1. The summed E-state index contributed by atoms with van der Waals surface area (Å²) in [6.45, 7) is 1.27. The molecule has 0 bridgehead atoms. The standard InChI is InChI=1S/C22H26F2N4O4/c1-31-22(30)16-12-28(14-5-3-2-4-6-14)10-9-18(16)25-19(29)21-27-26-20(32-21)15-8-7-13(23)11-17(15)24/h7-8,11,14,16,18H,2-6,9-10,12H2,1H3,(H,25,29)/t16-,18-/m1/s1. The van der Waals surface area contributed by atoms with Crippen molar-refractivity contribution in [1.29, 1.82) is 0 Å². The fourth-order valence-electron chi connectivity index (χ4n) is 4.63. The molecule has 0 spiro atoms. The number of nitrogens with one attached hydrogen (secondary N) is 1.